The van der Waals surface area contributed by atoms with Crippen molar-refractivity contribution in [3.05, 3.63) is 45.9 Å². The first kappa shape index (κ1) is 17.9. The molecule has 1 heterocycles. The van der Waals surface area contributed by atoms with Crippen LogP contribution >= 0.6 is 0 Å². The van der Waals surface area contributed by atoms with Crippen LogP contribution in [0.25, 0.3) is 0 Å². The molecule has 1 aromatic carbocycles. The van der Waals surface area contributed by atoms with Crippen LogP contribution in [-0.2, 0) is 6.54 Å². The number of carboxylic acid groups (broad SMARTS) is 1. The zero-order valence-electron chi connectivity index (χ0n) is 12.1. The van der Waals surface area contributed by atoms with Crippen LogP contribution < -0.4 is 0 Å². The molecule has 0 aliphatic heterocycles. The molecule has 1 aromatic heterocycles. The molecule has 10 nitrogen and oxygen atoms in total. The summed E-state index contributed by atoms with van der Waals surface area (Å²) in [6.07, 6.45) is 1.19. The van der Waals surface area contributed by atoms with E-state index in [2.05, 4.69) is 4.98 Å². The zero-order chi connectivity index (χ0) is 17.6. The number of phenolic OH excluding ortho intramolecular Hbond substituents is 1. The molecule has 0 radical (unpaired) electrons. The number of aromatic carboxylic acids is 1. The van der Waals surface area contributed by atoms with Crippen LogP contribution in [0.5, 0.6) is 11.5 Å². The average Bonchev–Trinajstić information content (AvgIpc) is 2.84. The second-order valence-corrected chi connectivity index (χ2v) is 4.30. The van der Waals surface area contributed by atoms with Gasteiger partial charge in [0.2, 0.25) is 0 Å². The first-order valence-corrected chi connectivity index (χ1v) is 6.30. The summed E-state index contributed by atoms with van der Waals surface area (Å²) in [5.41, 5.74) is -0.301. The van der Waals surface area contributed by atoms with Gasteiger partial charge in [0, 0.05) is 6.92 Å². The Morgan fingerprint density at radius 3 is 2.52 bits per heavy atom. The van der Waals surface area contributed by atoms with Gasteiger partial charge < -0.3 is 30.5 Å². The maximum atomic E-state index is 10.4. The number of nitro groups is 1. The molecule has 0 unspecified atom stereocenters. The minimum absolute atomic E-state index is 0.0819. The number of phenols is 2. The predicted molar refractivity (Wildman–Crippen MR) is 77.4 cm³/mol. The first-order chi connectivity index (χ1) is 10.8. The summed E-state index contributed by atoms with van der Waals surface area (Å²) < 4.78 is 1.36. The standard InChI is InChI=1S/C7H6O4.C6H9N3O3/c8-4-1-2-6(9)5(3-4)7(10)11;1-5-7-4-6(9(11)12)8(5)2-3-10/h1-3,8-9H,(H,10,11);4,10H,2-3H2,1H3. The van der Waals surface area contributed by atoms with Crippen LogP contribution in [0.4, 0.5) is 5.82 Å². The summed E-state index contributed by atoms with van der Waals surface area (Å²) in [5.74, 6) is -1.34. The van der Waals surface area contributed by atoms with E-state index in [0.717, 1.165) is 12.1 Å². The number of benzene rings is 1. The minimum atomic E-state index is -1.27. The summed E-state index contributed by atoms with van der Waals surface area (Å²) >= 11 is 0. The number of hydrogen-bond acceptors (Lipinski definition) is 7. The Morgan fingerprint density at radius 1 is 1.39 bits per heavy atom. The van der Waals surface area contributed by atoms with E-state index >= 15 is 0 Å². The van der Waals surface area contributed by atoms with Crippen molar-refractivity contribution in [2.45, 2.75) is 13.5 Å². The van der Waals surface area contributed by atoms with Gasteiger partial charge in [-0.05, 0) is 23.1 Å². The molecular formula is C13H15N3O7. The molecule has 23 heavy (non-hydrogen) atoms. The Bertz CT molecular complexity index is 712. The van der Waals surface area contributed by atoms with E-state index in [0.29, 0.717) is 5.82 Å². The lowest BCUT2D eigenvalue weighted by Gasteiger charge is -1.98. The number of aliphatic hydroxyl groups is 1. The molecule has 4 N–H and O–H groups in total. The molecule has 2 aromatic rings. The van der Waals surface area contributed by atoms with Gasteiger partial charge in [-0.25, -0.2) is 14.3 Å². The predicted octanol–water partition coefficient (Wildman–Crippen LogP) is 0.888. The van der Waals surface area contributed by atoms with Gasteiger partial charge >= 0.3 is 11.8 Å². The van der Waals surface area contributed by atoms with Crippen LogP contribution in [0.3, 0.4) is 0 Å². The molecule has 0 fully saturated rings. The highest BCUT2D eigenvalue weighted by Crippen LogP contribution is 2.21. The van der Waals surface area contributed by atoms with Crippen molar-refractivity contribution in [2.75, 3.05) is 6.61 Å². The van der Waals surface area contributed by atoms with Gasteiger partial charge in [-0.15, -0.1) is 0 Å². The van der Waals surface area contributed by atoms with E-state index in [1.54, 1.807) is 6.92 Å². The van der Waals surface area contributed by atoms with Crippen molar-refractivity contribution in [3.63, 3.8) is 0 Å². The van der Waals surface area contributed by atoms with Gasteiger partial charge in [-0.3, -0.25) is 0 Å². The Hall–Kier alpha value is -3.14. The van der Waals surface area contributed by atoms with Crippen molar-refractivity contribution in [1.29, 1.82) is 0 Å². The number of aryl methyl sites for hydroxylation is 1. The van der Waals surface area contributed by atoms with E-state index in [4.69, 9.17) is 20.4 Å². The Kier molecular flexibility index (Phi) is 6.04. The number of nitrogens with zero attached hydrogens (tertiary/aromatic N) is 3. The second-order valence-electron chi connectivity index (χ2n) is 4.30. The first-order valence-electron chi connectivity index (χ1n) is 6.30. The van der Waals surface area contributed by atoms with Gasteiger partial charge in [0.1, 0.15) is 29.8 Å². The van der Waals surface area contributed by atoms with Crippen LogP contribution in [0, 0.1) is 17.0 Å². The maximum absolute atomic E-state index is 10.4. The number of aromatic hydroxyl groups is 2. The molecule has 0 atom stereocenters. The van der Waals surface area contributed by atoms with Crippen LogP contribution in [-0.4, -0.2) is 47.5 Å². The molecule has 124 valence electrons. The van der Waals surface area contributed by atoms with Crippen LogP contribution in [0.1, 0.15) is 16.2 Å². The molecule has 0 aliphatic rings. The topological polar surface area (TPSA) is 159 Å². The maximum Gasteiger partial charge on any atom is 0.342 e. The highest BCUT2D eigenvalue weighted by molar-refractivity contribution is 5.91. The van der Waals surface area contributed by atoms with Crippen LogP contribution in [0.15, 0.2) is 24.4 Å². The normalized spacial score (nSPS) is 9.83. The van der Waals surface area contributed by atoms with Crippen LogP contribution in [0.2, 0.25) is 0 Å². The third kappa shape index (κ3) is 4.68. The summed E-state index contributed by atoms with van der Waals surface area (Å²) in [6, 6.07) is 3.32. The lowest BCUT2D eigenvalue weighted by Crippen LogP contribution is -2.07. The van der Waals surface area contributed by atoms with Gasteiger partial charge in [0.25, 0.3) is 0 Å². The molecule has 10 heteroatoms. The highest BCUT2D eigenvalue weighted by Gasteiger charge is 2.15. The number of hydrogen-bond donors (Lipinski definition) is 4. The number of imidazole rings is 1. The molecule has 0 saturated carbocycles. The number of rotatable bonds is 4. The lowest BCUT2D eigenvalue weighted by molar-refractivity contribution is -0.392. The van der Waals surface area contributed by atoms with Gasteiger partial charge in [0.15, 0.2) is 5.82 Å². The number of aliphatic hydroxyl groups excluding tert-OH is 1. The number of carbonyl (C=O) groups is 1. The number of carboxylic acids is 1. The average molecular weight is 325 g/mol. The Balaban J connectivity index is 0.000000231. The number of aromatic nitrogens is 2. The molecule has 0 spiro atoms. The third-order valence-electron chi connectivity index (χ3n) is 2.76. The minimum Gasteiger partial charge on any atom is -0.508 e. The van der Waals surface area contributed by atoms with E-state index in [1.165, 1.54) is 16.8 Å². The zero-order valence-corrected chi connectivity index (χ0v) is 12.1. The molecule has 0 saturated heterocycles. The van der Waals surface area contributed by atoms with E-state index in [1.807, 2.05) is 0 Å². The van der Waals surface area contributed by atoms with E-state index < -0.39 is 10.9 Å². The van der Waals surface area contributed by atoms with Gasteiger partial charge in [-0.2, -0.15) is 0 Å². The van der Waals surface area contributed by atoms with E-state index in [9.17, 15) is 14.9 Å². The Morgan fingerprint density at radius 2 is 2.04 bits per heavy atom. The monoisotopic (exact) mass is 325 g/mol. The second kappa shape index (κ2) is 7.75. The summed E-state index contributed by atoms with van der Waals surface area (Å²) in [5, 5.41) is 45.1. The van der Waals surface area contributed by atoms with Crippen molar-refractivity contribution in [1.82, 2.24) is 9.55 Å². The van der Waals surface area contributed by atoms with Crippen molar-refractivity contribution < 1.29 is 30.1 Å². The summed E-state index contributed by atoms with van der Waals surface area (Å²) in [4.78, 5) is 23.9. The molecule has 0 bridgehead atoms. The lowest BCUT2D eigenvalue weighted by atomic mass is 10.2. The fourth-order valence-corrected chi connectivity index (χ4v) is 1.67. The third-order valence-corrected chi connectivity index (χ3v) is 2.76. The molecule has 0 amide bonds. The van der Waals surface area contributed by atoms with Crippen molar-refractivity contribution in [3.8, 4) is 11.5 Å². The van der Waals surface area contributed by atoms with Gasteiger partial charge in [-0.1, -0.05) is 0 Å². The van der Waals surface area contributed by atoms with Gasteiger partial charge in [0.05, 0.1) is 6.61 Å². The fraction of sp³-hybridized carbons (Fsp3) is 0.231. The summed E-state index contributed by atoms with van der Waals surface area (Å²) in [7, 11) is 0. The highest BCUT2D eigenvalue weighted by atomic mass is 16.6. The molecule has 0 aliphatic carbocycles. The quantitative estimate of drug-likeness (QED) is 0.366. The fourth-order valence-electron chi connectivity index (χ4n) is 1.67. The summed E-state index contributed by atoms with van der Waals surface area (Å²) in [6.45, 7) is 1.74. The largest absolute Gasteiger partial charge is 0.508 e. The Labute approximate surface area is 130 Å². The molecular weight excluding hydrogens is 310 g/mol. The van der Waals surface area contributed by atoms with Crippen molar-refractivity contribution >= 4 is 11.8 Å². The smallest absolute Gasteiger partial charge is 0.342 e. The molecule has 2 rings (SSSR count). The SMILES string of the molecule is Cc1ncc([N+](=O)[O-])n1CCO.O=C(O)c1cc(O)ccc1O. The van der Waals surface area contributed by atoms with E-state index in [-0.39, 0.29) is 36.0 Å². The van der Waals surface area contributed by atoms with Crippen molar-refractivity contribution in [2.24, 2.45) is 0 Å².